The summed E-state index contributed by atoms with van der Waals surface area (Å²) < 4.78 is 24.5. The van der Waals surface area contributed by atoms with Crippen LogP contribution in [0.5, 0.6) is 0 Å². The Hall–Kier alpha value is -0.130. The van der Waals surface area contributed by atoms with Gasteiger partial charge in [-0.3, -0.25) is 0 Å². The van der Waals surface area contributed by atoms with Crippen LogP contribution in [0, 0.1) is 5.92 Å². The molecule has 0 spiro atoms. The molecule has 80 valence electrons. The minimum atomic E-state index is -3.08. The maximum Gasteiger partial charge on any atom is 0.211 e. The Morgan fingerprint density at radius 3 is 2.31 bits per heavy atom. The Morgan fingerprint density at radius 2 is 1.92 bits per heavy atom. The van der Waals surface area contributed by atoms with Crippen LogP contribution in [0.2, 0.25) is 0 Å². The average Bonchev–Trinajstić information content (AvgIpc) is 2.00. The molecule has 0 aromatic rings. The summed E-state index contributed by atoms with van der Waals surface area (Å²) in [6, 6.07) is -0.0821. The van der Waals surface area contributed by atoms with E-state index in [1.54, 1.807) is 6.92 Å². The van der Waals surface area contributed by atoms with Gasteiger partial charge in [-0.25, -0.2) is 13.1 Å². The van der Waals surface area contributed by atoms with E-state index in [1.807, 2.05) is 0 Å². The van der Waals surface area contributed by atoms with Crippen molar-refractivity contribution in [2.75, 3.05) is 12.3 Å². The highest BCUT2D eigenvalue weighted by Gasteiger charge is 2.10. The van der Waals surface area contributed by atoms with Crippen LogP contribution in [-0.4, -0.2) is 26.8 Å². The maximum atomic E-state index is 11.0. The van der Waals surface area contributed by atoms with Crippen molar-refractivity contribution in [2.45, 2.75) is 33.2 Å². The predicted molar refractivity (Wildman–Crippen MR) is 54.9 cm³/mol. The molecule has 0 heterocycles. The van der Waals surface area contributed by atoms with E-state index in [2.05, 4.69) is 18.6 Å². The molecule has 1 atom stereocenters. The van der Waals surface area contributed by atoms with Crippen molar-refractivity contribution >= 4 is 10.0 Å². The molecule has 0 aliphatic rings. The molecule has 0 saturated carbocycles. The quantitative estimate of drug-likeness (QED) is 0.659. The molecule has 0 saturated heterocycles. The minimum Gasteiger partial charge on any atom is -0.327 e. The molecule has 13 heavy (non-hydrogen) atoms. The van der Waals surface area contributed by atoms with Crippen molar-refractivity contribution in [3.05, 3.63) is 0 Å². The number of sulfonamides is 1. The monoisotopic (exact) mass is 208 g/mol. The Morgan fingerprint density at radius 1 is 1.38 bits per heavy atom. The Balaban J connectivity index is 3.77. The first-order chi connectivity index (χ1) is 5.87. The zero-order valence-electron chi connectivity index (χ0n) is 8.58. The van der Waals surface area contributed by atoms with Crippen LogP contribution < -0.4 is 10.5 Å². The van der Waals surface area contributed by atoms with Gasteiger partial charge in [-0.05, 0) is 19.3 Å². The molecule has 1 unspecified atom stereocenters. The van der Waals surface area contributed by atoms with E-state index in [9.17, 15) is 8.42 Å². The van der Waals surface area contributed by atoms with Gasteiger partial charge in [-0.15, -0.1) is 0 Å². The Labute approximate surface area is 80.9 Å². The van der Waals surface area contributed by atoms with Crippen molar-refractivity contribution in [3.8, 4) is 0 Å². The lowest BCUT2D eigenvalue weighted by Gasteiger charge is -2.14. The lowest BCUT2D eigenvalue weighted by atomic mass is 10.1. The lowest BCUT2D eigenvalue weighted by Crippen LogP contribution is -2.38. The van der Waals surface area contributed by atoms with Crippen LogP contribution in [0.25, 0.3) is 0 Å². The largest absolute Gasteiger partial charge is 0.327 e. The van der Waals surface area contributed by atoms with Gasteiger partial charge < -0.3 is 5.73 Å². The topological polar surface area (TPSA) is 72.2 Å². The van der Waals surface area contributed by atoms with Crippen LogP contribution in [-0.2, 0) is 10.0 Å². The van der Waals surface area contributed by atoms with Gasteiger partial charge in [0.05, 0.1) is 5.75 Å². The van der Waals surface area contributed by atoms with Crippen LogP contribution in [0.4, 0.5) is 0 Å². The standard InChI is InChI=1S/C8H20N2O2S/c1-4-13(11,12)10-6-8(9)5-7(2)3/h7-8,10H,4-6,9H2,1-3H3. The molecular formula is C8H20N2O2S. The minimum absolute atomic E-state index is 0.0821. The number of hydrogen-bond donors (Lipinski definition) is 2. The number of hydrogen-bond acceptors (Lipinski definition) is 3. The molecule has 4 nitrogen and oxygen atoms in total. The van der Waals surface area contributed by atoms with Crippen molar-refractivity contribution in [1.82, 2.24) is 4.72 Å². The van der Waals surface area contributed by atoms with Crippen molar-refractivity contribution in [2.24, 2.45) is 11.7 Å². The third-order valence-electron chi connectivity index (χ3n) is 1.72. The van der Waals surface area contributed by atoms with E-state index in [1.165, 1.54) is 0 Å². The molecule has 3 N–H and O–H groups in total. The Bertz CT molecular complexity index is 224. The summed E-state index contributed by atoms with van der Waals surface area (Å²) in [7, 11) is -3.08. The van der Waals surface area contributed by atoms with Crippen LogP contribution in [0.3, 0.4) is 0 Å². The highest BCUT2D eigenvalue weighted by Crippen LogP contribution is 2.01. The summed E-state index contributed by atoms with van der Waals surface area (Å²) in [6.45, 7) is 6.08. The predicted octanol–water partition coefficient (Wildman–Crippen LogP) is 0.299. The molecule has 5 heteroatoms. The molecule has 0 amide bonds. The van der Waals surface area contributed by atoms with Crippen molar-refractivity contribution < 1.29 is 8.42 Å². The normalized spacial score (nSPS) is 14.8. The molecule has 0 fully saturated rings. The molecule has 0 aromatic carbocycles. The summed E-state index contributed by atoms with van der Waals surface area (Å²) in [5.41, 5.74) is 5.71. The Kier molecular flexibility index (Phi) is 5.51. The van der Waals surface area contributed by atoms with E-state index >= 15 is 0 Å². The molecule has 0 rings (SSSR count). The van der Waals surface area contributed by atoms with E-state index in [0.29, 0.717) is 12.5 Å². The summed E-state index contributed by atoms with van der Waals surface area (Å²) in [5, 5.41) is 0. The van der Waals surface area contributed by atoms with Crippen molar-refractivity contribution in [1.29, 1.82) is 0 Å². The maximum absolute atomic E-state index is 11.0. The molecule has 0 aliphatic heterocycles. The van der Waals surface area contributed by atoms with E-state index < -0.39 is 10.0 Å². The summed E-state index contributed by atoms with van der Waals surface area (Å²) >= 11 is 0. The first kappa shape index (κ1) is 12.9. The molecule has 0 aliphatic carbocycles. The van der Waals surface area contributed by atoms with Gasteiger partial charge in [0, 0.05) is 12.6 Å². The van der Waals surface area contributed by atoms with E-state index in [-0.39, 0.29) is 11.8 Å². The number of rotatable bonds is 6. The fourth-order valence-electron chi connectivity index (χ4n) is 1.02. The molecule has 0 aromatic heterocycles. The van der Waals surface area contributed by atoms with Gasteiger partial charge in [0.2, 0.25) is 10.0 Å². The summed E-state index contributed by atoms with van der Waals surface area (Å²) in [6.07, 6.45) is 0.840. The first-order valence-electron chi connectivity index (χ1n) is 4.60. The third kappa shape index (κ3) is 6.98. The third-order valence-corrected chi connectivity index (χ3v) is 3.09. The van der Waals surface area contributed by atoms with E-state index in [0.717, 1.165) is 6.42 Å². The second kappa shape index (κ2) is 5.57. The van der Waals surface area contributed by atoms with Crippen LogP contribution in [0.1, 0.15) is 27.2 Å². The molecule has 0 bridgehead atoms. The van der Waals surface area contributed by atoms with Gasteiger partial charge in [0.15, 0.2) is 0 Å². The highest BCUT2D eigenvalue weighted by atomic mass is 32.2. The number of nitrogens with two attached hydrogens (primary N) is 1. The van der Waals surface area contributed by atoms with Gasteiger partial charge in [-0.2, -0.15) is 0 Å². The molecule has 0 radical (unpaired) electrons. The fraction of sp³-hybridized carbons (Fsp3) is 1.00. The molecular weight excluding hydrogens is 188 g/mol. The highest BCUT2D eigenvalue weighted by molar-refractivity contribution is 7.89. The smallest absolute Gasteiger partial charge is 0.211 e. The SMILES string of the molecule is CCS(=O)(=O)NCC(N)CC(C)C. The zero-order valence-corrected chi connectivity index (χ0v) is 9.39. The van der Waals surface area contributed by atoms with Gasteiger partial charge >= 0.3 is 0 Å². The van der Waals surface area contributed by atoms with Crippen LogP contribution >= 0.6 is 0 Å². The zero-order chi connectivity index (χ0) is 10.5. The van der Waals surface area contributed by atoms with Gasteiger partial charge in [0.25, 0.3) is 0 Å². The number of nitrogens with one attached hydrogen (secondary N) is 1. The summed E-state index contributed by atoms with van der Waals surface area (Å²) in [5.74, 6) is 0.614. The second-order valence-corrected chi connectivity index (χ2v) is 5.74. The van der Waals surface area contributed by atoms with Crippen molar-refractivity contribution in [3.63, 3.8) is 0 Å². The summed E-state index contributed by atoms with van der Waals surface area (Å²) in [4.78, 5) is 0. The van der Waals surface area contributed by atoms with Gasteiger partial charge in [-0.1, -0.05) is 13.8 Å². The fourth-order valence-corrected chi connectivity index (χ4v) is 1.70. The second-order valence-electron chi connectivity index (χ2n) is 3.64. The van der Waals surface area contributed by atoms with Gasteiger partial charge in [0.1, 0.15) is 0 Å². The lowest BCUT2D eigenvalue weighted by molar-refractivity contribution is 0.486. The van der Waals surface area contributed by atoms with Crippen LogP contribution in [0.15, 0.2) is 0 Å². The first-order valence-corrected chi connectivity index (χ1v) is 6.25. The van der Waals surface area contributed by atoms with E-state index in [4.69, 9.17) is 5.73 Å². The average molecular weight is 208 g/mol.